The highest BCUT2D eigenvalue weighted by Gasteiger charge is 2.45. The van der Waals surface area contributed by atoms with E-state index in [0.717, 1.165) is 0 Å². The fourth-order valence-corrected chi connectivity index (χ4v) is 2.63. The molecule has 0 radical (unpaired) electrons. The highest BCUT2D eigenvalue weighted by molar-refractivity contribution is 5.80. The number of carbonyl (C=O) groups excluding carboxylic acids is 1. The van der Waals surface area contributed by atoms with Crippen molar-refractivity contribution in [2.75, 3.05) is 6.61 Å². The molecule has 0 aliphatic rings. The lowest BCUT2D eigenvalue weighted by Gasteiger charge is -2.33. The van der Waals surface area contributed by atoms with E-state index in [2.05, 4.69) is 0 Å². The number of hydrogen-bond acceptors (Lipinski definition) is 3. The third-order valence-electron chi connectivity index (χ3n) is 3.53. The van der Waals surface area contributed by atoms with Crippen LogP contribution in [-0.4, -0.2) is 23.3 Å². The van der Waals surface area contributed by atoms with Crippen LogP contribution in [0.15, 0.2) is 24.3 Å². The molecule has 20 heavy (non-hydrogen) atoms. The predicted molar refractivity (Wildman–Crippen MR) is 75.9 cm³/mol. The van der Waals surface area contributed by atoms with Crippen molar-refractivity contribution < 1.29 is 19.0 Å². The van der Waals surface area contributed by atoms with Crippen molar-refractivity contribution in [1.82, 2.24) is 0 Å². The van der Waals surface area contributed by atoms with E-state index in [1.165, 1.54) is 6.07 Å². The van der Waals surface area contributed by atoms with Gasteiger partial charge in [0.2, 0.25) is 0 Å². The van der Waals surface area contributed by atoms with Crippen LogP contribution in [-0.2, 0) is 9.53 Å². The predicted octanol–water partition coefficient (Wildman–Crippen LogP) is 3.41. The van der Waals surface area contributed by atoms with Crippen LogP contribution in [0.2, 0.25) is 0 Å². The molecule has 112 valence electrons. The van der Waals surface area contributed by atoms with E-state index >= 15 is 0 Å². The fourth-order valence-electron chi connectivity index (χ4n) is 2.63. The summed E-state index contributed by atoms with van der Waals surface area (Å²) < 4.78 is 19.0. The first-order valence-electron chi connectivity index (χ1n) is 7.15. The van der Waals surface area contributed by atoms with Crippen molar-refractivity contribution in [2.45, 2.75) is 51.6 Å². The Morgan fingerprint density at radius 1 is 1.35 bits per heavy atom. The van der Waals surface area contributed by atoms with E-state index in [9.17, 15) is 14.3 Å². The Hall–Kier alpha value is -1.42. The van der Waals surface area contributed by atoms with Crippen LogP contribution in [0.3, 0.4) is 0 Å². The molecule has 1 rings (SSSR count). The Kier molecular flexibility index (Phi) is 6.14. The molecule has 0 saturated heterocycles. The van der Waals surface area contributed by atoms with E-state index < -0.39 is 23.3 Å². The molecule has 0 amide bonds. The number of aliphatic hydroxyl groups is 1. The van der Waals surface area contributed by atoms with Crippen LogP contribution in [0.4, 0.5) is 4.39 Å². The molecule has 1 aromatic carbocycles. The van der Waals surface area contributed by atoms with Crippen LogP contribution in [0.1, 0.15) is 51.5 Å². The zero-order valence-corrected chi connectivity index (χ0v) is 12.4. The van der Waals surface area contributed by atoms with Crippen LogP contribution >= 0.6 is 0 Å². The van der Waals surface area contributed by atoms with Crippen molar-refractivity contribution in [3.63, 3.8) is 0 Å². The van der Waals surface area contributed by atoms with Gasteiger partial charge in [-0.25, -0.2) is 9.18 Å². The first kappa shape index (κ1) is 16.6. The molecule has 1 aromatic rings. The molecule has 0 aromatic heterocycles. The Labute approximate surface area is 119 Å². The van der Waals surface area contributed by atoms with Gasteiger partial charge in [-0.1, -0.05) is 38.5 Å². The van der Waals surface area contributed by atoms with Crippen molar-refractivity contribution in [3.8, 4) is 0 Å². The average molecular weight is 282 g/mol. The van der Waals surface area contributed by atoms with Gasteiger partial charge in [0.1, 0.15) is 5.82 Å². The molecule has 0 aliphatic carbocycles. The second kappa shape index (κ2) is 7.39. The summed E-state index contributed by atoms with van der Waals surface area (Å²) in [6.45, 7) is 5.59. The van der Waals surface area contributed by atoms with Crippen molar-refractivity contribution in [1.29, 1.82) is 0 Å². The van der Waals surface area contributed by atoms with Gasteiger partial charge in [-0.05, 0) is 31.4 Å². The number of halogens is 1. The summed E-state index contributed by atoms with van der Waals surface area (Å²) in [5.41, 5.74) is -1.32. The second-order valence-corrected chi connectivity index (χ2v) is 4.88. The largest absolute Gasteiger partial charge is 0.464 e. The van der Waals surface area contributed by atoms with E-state index in [1.807, 2.05) is 13.8 Å². The monoisotopic (exact) mass is 282 g/mol. The van der Waals surface area contributed by atoms with Crippen LogP contribution < -0.4 is 0 Å². The molecular formula is C16H23FO3. The number of hydrogen-bond donors (Lipinski definition) is 1. The minimum atomic E-state index is -1.68. The Morgan fingerprint density at radius 2 is 2.00 bits per heavy atom. The minimum absolute atomic E-state index is 0.193. The Bertz CT molecular complexity index is 447. The van der Waals surface area contributed by atoms with E-state index in [-0.39, 0.29) is 13.0 Å². The molecule has 1 N–H and O–H groups in total. The quantitative estimate of drug-likeness (QED) is 0.779. The van der Waals surface area contributed by atoms with Crippen molar-refractivity contribution >= 4 is 5.97 Å². The van der Waals surface area contributed by atoms with Gasteiger partial charge in [-0.15, -0.1) is 0 Å². The molecule has 0 heterocycles. The lowest BCUT2D eigenvalue weighted by atomic mass is 9.77. The van der Waals surface area contributed by atoms with Gasteiger partial charge in [-0.2, -0.15) is 0 Å². The highest BCUT2D eigenvalue weighted by Crippen LogP contribution is 2.37. The summed E-state index contributed by atoms with van der Waals surface area (Å²) in [4.78, 5) is 12.1. The molecule has 0 saturated carbocycles. The lowest BCUT2D eigenvalue weighted by molar-refractivity contribution is -0.169. The first-order valence-corrected chi connectivity index (χ1v) is 7.15. The fraction of sp³-hybridized carbons (Fsp3) is 0.562. The maximum atomic E-state index is 14.0. The number of carbonyl (C=O) groups is 1. The summed E-state index contributed by atoms with van der Waals surface area (Å²) in [7, 11) is 0. The summed E-state index contributed by atoms with van der Waals surface area (Å²) in [6, 6.07) is 6.26. The van der Waals surface area contributed by atoms with Gasteiger partial charge in [0, 0.05) is 5.92 Å². The van der Waals surface area contributed by atoms with E-state index in [0.29, 0.717) is 18.4 Å². The molecule has 0 bridgehead atoms. The second-order valence-electron chi connectivity index (χ2n) is 4.88. The Balaban J connectivity index is 3.22. The smallest absolute Gasteiger partial charge is 0.338 e. The molecule has 2 unspecified atom stereocenters. The number of ether oxygens (including phenoxy) is 1. The molecule has 4 heteroatoms. The molecular weight excluding hydrogens is 259 g/mol. The Morgan fingerprint density at radius 3 is 2.50 bits per heavy atom. The van der Waals surface area contributed by atoms with Crippen molar-refractivity contribution in [2.24, 2.45) is 0 Å². The van der Waals surface area contributed by atoms with Gasteiger partial charge in [0.05, 0.1) is 6.61 Å². The SMILES string of the molecule is CCCC(O)(C(=O)OCC)C(CC)c1ccccc1F. The maximum Gasteiger partial charge on any atom is 0.338 e. The zero-order valence-electron chi connectivity index (χ0n) is 12.4. The number of rotatable bonds is 7. The zero-order chi connectivity index (χ0) is 15.2. The lowest BCUT2D eigenvalue weighted by Crippen LogP contribution is -2.46. The van der Waals surface area contributed by atoms with Gasteiger partial charge in [0.25, 0.3) is 0 Å². The average Bonchev–Trinajstić information content (AvgIpc) is 2.42. The standard InChI is InChI=1S/C16H23FO3/c1-4-11-16(19,15(18)20-6-3)13(5-2)12-9-7-8-10-14(12)17/h7-10,13,19H,4-6,11H2,1-3H3. The first-order chi connectivity index (χ1) is 9.51. The number of esters is 1. The molecule has 2 atom stereocenters. The van der Waals surface area contributed by atoms with Gasteiger partial charge in [0.15, 0.2) is 5.60 Å². The van der Waals surface area contributed by atoms with Gasteiger partial charge >= 0.3 is 5.97 Å². The van der Waals surface area contributed by atoms with Crippen LogP contribution in [0.5, 0.6) is 0 Å². The summed E-state index contributed by atoms with van der Waals surface area (Å²) in [5.74, 6) is -1.68. The summed E-state index contributed by atoms with van der Waals surface area (Å²) in [5, 5.41) is 10.8. The third-order valence-corrected chi connectivity index (χ3v) is 3.53. The van der Waals surface area contributed by atoms with E-state index in [4.69, 9.17) is 4.74 Å². The van der Waals surface area contributed by atoms with Crippen molar-refractivity contribution in [3.05, 3.63) is 35.6 Å². The van der Waals surface area contributed by atoms with Gasteiger partial charge < -0.3 is 9.84 Å². The molecule has 0 spiro atoms. The number of benzene rings is 1. The molecule has 0 aliphatic heterocycles. The highest BCUT2D eigenvalue weighted by atomic mass is 19.1. The molecule has 3 nitrogen and oxygen atoms in total. The topological polar surface area (TPSA) is 46.5 Å². The van der Waals surface area contributed by atoms with Crippen LogP contribution in [0, 0.1) is 5.82 Å². The molecule has 0 fully saturated rings. The van der Waals surface area contributed by atoms with Gasteiger partial charge in [-0.3, -0.25) is 0 Å². The maximum absolute atomic E-state index is 14.0. The normalized spacial score (nSPS) is 15.4. The van der Waals surface area contributed by atoms with Crippen LogP contribution in [0.25, 0.3) is 0 Å². The summed E-state index contributed by atoms with van der Waals surface area (Å²) in [6.07, 6.45) is 1.31. The van der Waals surface area contributed by atoms with E-state index in [1.54, 1.807) is 25.1 Å². The third kappa shape index (κ3) is 3.37. The summed E-state index contributed by atoms with van der Waals surface area (Å²) >= 11 is 0. The minimum Gasteiger partial charge on any atom is -0.464 e.